The van der Waals surface area contributed by atoms with Crippen LogP contribution in [0.2, 0.25) is 0 Å². The molecule has 7 fully saturated rings. The number of rotatable bonds is 10. The van der Waals surface area contributed by atoms with Gasteiger partial charge in [-0.05, 0) is 87.5 Å². The second-order valence-electron chi connectivity index (χ2n) is 20.0. The molecular formula is C44H68O18. The Morgan fingerprint density at radius 1 is 0.806 bits per heavy atom. The molecule has 0 aromatic carbocycles. The van der Waals surface area contributed by atoms with Gasteiger partial charge in [0.05, 0.1) is 36.6 Å². The lowest BCUT2D eigenvalue weighted by atomic mass is 9.43. The van der Waals surface area contributed by atoms with E-state index in [1.54, 1.807) is 6.92 Å². The Morgan fingerprint density at radius 2 is 1.53 bits per heavy atom. The molecule has 8 rings (SSSR count). The number of aliphatic hydroxyl groups excluding tert-OH is 6. The van der Waals surface area contributed by atoms with Gasteiger partial charge in [-0.2, -0.15) is 0 Å². The zero-order valence-corrected chi connectivity index (χ0v) is 36.5. The van der Waals surface area contributed by atoms with Crippen molar-refractivity contribution in [1.29, 1.82) is 0 Å². The third-order valence-electron chi connectivity index (χ3n) is 16.7. The highest BCUT2D eigenvalue weighted by Gasteiger charge is 2.71. The zero-order valence-electron chi connectivity index (χ0n) is 36.5. The molecule has 4 saturated carbocycles. The van der Waals surface area contributed by atoms with Crippen LogP contribution in [0.3, 0.4) is 0 Å². The molecule has 0 bridgehead atoms. The van der Waals surface area contributed by atoms with Gasteiger partial charge < -0.3 is 78.4 Å². The summed E-state index contributed by atoms with van der Waals surface area (Å²) in [6.07, 6.45) is -9.32. The molecule has 7 N–H and O–H groups in total. The van der Waals surface area contributed by atoms with E-state index in [9.17, 15) is 45.3 Å². The van der Waals surface area contributed by atoms with Crippen LogP contribution < -0.4 is 0 Å². The van der Waals surface area contributed by atoms with Gasteiger partial charge >= 0.3 is 11.9 Å². The maximum Gasteiger partial charge on any atom is 0.331 e. The molecule has 18 heteroatoms. The van der Waals surface area contributed by atoms with Crippen molar-refractivity contribution < 1.29 is 88.0 Å². The molecule has 23 atom stereocenters. The summed E-state index contributed by atoms with van der Waals surface area (Å²) >= 11 is 0. The van der Waals surface area contributed by atoms with Crippen LogP contribution in [0.5, 0.6) is 0 Å². The summed E-state index contributed by atoms with van der Waals surface area (Å²) < 4.78 is 53.4. The highest BCUT2D eigenvalue weighted by atomic mass is 16.7. The molecule has 0 amide bonds. The summed E-state index contributed by atoms with van der Waals surface area (Å²) in [5.74, 6) is -0.482. The fraction of sp³-hybridized carbons (Fsp3) is 0.909. The van der Waals surface area contributed by atoms with Crippen LogP contribution in [0.25, 0.3) is 0 Å². The van der Waals surface area contributed by atoms with Gasteiger partial charge in [0.15, 0.2) is 18.9 Å². The van der Waals surface area contributed by atoms with Gasteiger partial charge in [-0.15, -0.1) is 0 Å². The first-order valence-electron chi connectivity index (χ1n) is 22.6. The minimum Gasteiger partial charge on any atom is -0.462 e. The van der Waals surface area contributed by atoms with Gasteiger partial charge in [-0.25, -0.2) is 4.79 Å². The molecule has 0 aromatic heterocycles. The van der Waals surface area contributed by atoms with Gasteiger partial charge in [-0.3, -0.25) is 4.79 Å². The predicted molar refractivity (Wildman–Crippen MR) is 211 cm³/mol. The normalized spacial score (nSPS) is 52.9. The van der Waals surface area contributed by atoms with E-state index < -0.39 is 122 Å². The van der Waals surface area contributed by atoms with Crippen molar-refractivity contribution in [2.45, 2.75) is 196 Å². The molecule has 4 aliphatic carbocycles. The van der Waals surface area contributed by atoms with E-state index in [0.717, 1.165) is 50.5 Å². The average molecular weight is 885 g/mol. The Balaban J connectivity index is 0.876. The third-order valence-corrected chi connectivity index (χ3v) is 16.7. The van der Waals surface area contributed by atoms with E-state index in [1.165, 1.54) is 27.0 Å². The van der Waals surface area contributed by atoms with E-state index in [4.69, 9.17) is 42.6 Å². The van der Waals surface area contributed by atoms with Crippen LogP contribution in [0.1, 0.15) is 92.4 Å². The quantitative estimate of drug-likeness (QED) is 0.115. The lowest BCUT2D eigenvalue weighted by molar-refractivity contribution is -0.354. The second-order valence-corrected chi connectivity index (χ2v) is 20.0. The van der Waals surface area contributed by atoms with Crippen LogP contribution in [0.15, 0.2) is 11.6 Å². The monoisotopic (exact) mass is 884 g/mol. The highest BCUT2D eigenvalue weighted by molar-refractivity contribution is 5.85. The number of ether oxygens (including phenoxy) is 9. The minimum atomic E-state index is -1.68. The molecule has 18 nitrogen and oxygen atoms in total. The molecule has 0 spiro atoms. The Bertz CT molecular complexity index is 1660. The first-order valence-corrected chi connectivity index (χ1v) is 22.6. The van der Waals surface area contributed by atoms with Gasteiger partial charge in [-0.1, -0.05) is 13.8 Å². The number of carbonyl (C=O) groups is 2. The molecular weight excluding hydrogens is 816 g/mol. The molecule has 4 heterocycles. The molecule has 3 saturated heterocycles. The lowest BCUT2D eigenvalue weighted by Gasteiger charge is -2.63. The summed E-state index contributed by atoms with van der Waals surface area (Å²) in [6, 6.07) is 0. The van der Waals surface area contributed by atoms with Crippen LogP contribution in [-0.4, -0.2) is 172 Å². The van der Waals surface area contributed by atoms with Crippen molar-refractivity contribution in [2.24, 2.45) is 34.5 Å². The fourth-order valence-electron chi connectivity index (χ4n) is 13.3. The number of hydrogen-bond acceptors (Lipinski definition) is 18. The van der Waals surface area contributed by atoms with Gasteiger partial charge in [0.2, 0.25) is 0 Å². The topological polar surface area (TPSA) is 259 Å². The summed E-state index contributed by atoms with van der Waals surface area (Å²) in [5.41, 5.74) is -0.913. The van der Waals surface area contributed by atoms with Crippen molar-refractivity contribution in [3.05, 3.63) is 11.6 Å². The molecule has 352 valence electrons. The lowest BCUT2D eigenvalue weighted by Crippen LogP contribution is -2.63. The zero-order chi connectivity index (χ0) is 44.6. The molecule has 62 heavy (non-hydrogen) atoms. The third kappa shape index (κ3) is 8.09. The van der Waals surface area contributed by atoms with E-state index >= 15 is 0 Å². The number of carbonyl (C=O) groups excluding carboxylic acids is 2. The molecule has 23 unspecified atom stereocenters. The molecule has 0 aromatic rings. The summed E-state index contributed by atoms with van der Waals surface area (Å²) in [4.78, 5) is 24.5. The van der Waals surface area contributed by atoms with Crippen molar-refractivity contribution in [2.75, 3.05) is 20.3 Å². The summed E-state index contributed by atoms with van der Waals surface area (Å²) in [5, 5.41) is 75.8. The van der Waals surface area contributed by atoms with Gasteiger partial charge in [0.1, 0.15) is 61.5 Å². The highest BCUT2D eigenvalue weighted by Crippen LogP contribution is 2.70. The number of esters is 2. The number of methoxy groups -OCH3 is 1. The number of hydrogen-bond donors (Lipinski definition) is 7. The Hall–Kier alpha value is -1.88. The van der Waals surface area contributed by atoms with Crippen LogP contribution in [-0.2, 0) is 52.2 Å². The second kappa shape index (κ2) is 17.7. The van der Waals surface area contributed by atoms with E-state index in [1.807, 2.05) is 0 Å². The maximum atomic E-state index is 12.9. The Kier molecular flexibility index (Phi) is 13.3. The SMILES string of the molecule is COC1CC(OC2CCC3(C)C(CCC4C3CCC3(C)C(C5=CC(=O)OC5)C(OC(C)=O)CC43O)C2)OC(C)C1OC1OC(COC2OC(C)C(O)C(O)C2O)C(O)C(O)C1O. The Morgan fingerprint density at radius 3 is 2.23 bits per heavy atom. The summed E-state index contributed by atoms with van der Waals surface area (Å²) in [6.45, 7) is 8.91. The molecule has 0 radical (unpaired) electrons. The smallest absolute Gasteiger partial charge is 0.331 e. The van der Waals surface area contributed by atoms with Crippen LogP contribution >= 0.6 is 0 Å². The minimum absolute atomic E-state index is 0.00838. The number of cyclic esters (lactones) is 1. The molecule has 8 aliphatic rings. The number of aliphatic hydroxyl groups is 7. The van der Waals surface area contributed by atoms with E-state index in [-0.39, 0.29) is 35.9 Å². The first-order chi connectivity index (χ1) is 29.3. The first kappa shape index (κ1) is 46.6. The van der Waals surface area contributed by atoms with Gasteiger partial charge in [0, 0.05) is 44.3 Å². The van der Waals surface area contributed by atoms with Crippen molar-refractivity contribution in [3.63, 3.8) is 0 Å². The van der Waals surface area contributed by atoms with Crippen LogP contribution in [0.4, 0.5) is 0 Å². The fourth-order valence-corrected chi connectivity index (χ4v) is 13.3. The van der Waals surface area contributed by atoms with Crippen LogP contribution in [0, 0.1) is 34.5 Å². The summed E-state index contributed by atoms with van der Waals surface area (Å²) in [7, 11) is 1.54. The Labute approximate surface area is 362 Å². The number of fused-ring (bicyclic) bond motifs is 5. The van der Waals surface area contributed by atoms with E-state index in [0.29, 0.717) is 18.8 Å². The molecule has 4 aliphatic heterocycles. The van der Waals surface area contributed by atoms with Crippen molar-refractivity contribution in [3.8, 4) is 0 Å². The average Bonchev–Trinajstić information content (AvgIpc) is 3.74. The van der Waals surface area contributed by atoms with Crippen molar-refractivity contribution in [1.82, 2.24) is 0 Å². The van der Waals surface area contributed by atoms with E-state index in [2.05, 4.69) is 13.8 Å². The van der Waals surface area contributed by atoms with Crippen molar-refractivity contribution >= 4 is 11.9 Å². The largest absolute Gasteiger partial charge is 0.462 e. The van der Waals surface area contributed by atoms with Gasteiger partial charge in [0.25, 0.3) is 0 Å². The standard InChI is InChI=1S/C44H68O18/c1-19-33(47)35(49)37(51)40(58-19)56-18-29-34(48)36(50)38(52)41(61-29)62-39-20(2)57-31(15-27(39)54-6)60-24-9-11-42(4)23(14-24)7-8-26-25(42)10-12-43(5)32(22-13-30(46)55-17-22)28(59-21(3)45)16-44(26,43)53/h13,19-20,23-29,31-41,47-53H,7-12,14-18H2,1-6H3. The predicted octanol–water partition coefficient (Wildman–Crippen LogP) is 0.357. The maximum absolute atomic E-state index is 12.9.